The maximum atomic E-state index is 11.9. The molecule has 6 heteroatoms. The maximum Gasteiger partial charge on any atom is 0.252 e. The van der Waals surface area contributed by atoms with Crippen molar-refractivity contribution in [2.75, 3.05) is 6.54 Å². The summed E-state index contributed by atoms with van der Waals surface area (Å²) >= 11 is 11.8. The van der Waals surface area contributed by atoms with Crippen LogP contribution in [0.4, 0.5) is 0 Å². The molecule has 0 saturated heterocycles. The van der Waals surface area contributed by atoms with Crippen LogP contribution in [0.15, 0.2) is 48.5 Å². The minimum absolute atomic E-state index is 0.149. The van der Waals surface area contributed by atoms with Crippen molar-refractivity contribution in [1.29, 1.82) is 0 Å². The molecule has 0 bridgehead atoms. The highest BCUT2D eigenvalue weighted by Crippen LogP contribution is 2.14. The van der Waals surface area contributed by atoms with Gasteiger partial charge in [0, 0.05) is 24.5 Å². The quantitative estimate of drug-likeness (QED) is 0.838. The van der Waals surface area contributed by atoms with Crippen molar-refractivity contribution in [1.82, 2.24) is 10.6 Å². The molecule has 0 aromatic heterocycles. The van der Waals surface area contributed by atoms with Crippen molar-refractivity contribution in [3.63, 3.8) is 0 Å². The van der Waals surface area contributed by atoms with E-state index in [4.69, 9.17) is 23.2 Å². The molecule has 0 fully saturated rings. The molecule has 4 nitrogen and oxygen atoms in total. The average Bonchev–Trinajstić information content (AvgIpc) is 2.53. The zero-order valence-electron chi connectivity index (χ0n) is 12.3. The van der Waals surface area contributed by atoms with Crippen molar-refractivity contribution in [2.45, 2.75) is 13.0 Å². The number of benzene rings is 2. The van der Waals surface area contributed by atoms with Crippen LogP contribution in [0, 0.1) is 0 Å². The zero-order chi connectivity index (χ0) is 16.7. The molecule has 0 heterocycles. The van der Waals surface area contributed by atoms with Gasteiger partial charge >= 0.3 is 0 Å². The first-order valence-electron chi connectivity index (χ1n) is 7.10. The number of amides is 2. The van der Waals surface area contributed by atoms with Crippen molar-refractivity contribution in [2.24, 2.45) is 0 Å². The highest BCUT2D eigenvalue weighted by molar-refractivity contribution is 6.33. The second-order valence-electron chi connectivity index (χ2n) is 4.89. The second-order valence-corrected chi connectivity index (χ2v) is 5.74. The number of halogens is 2. The van der Waals surface area contributed by atoms with Crippen LogP contribution in [-0.2, 0) is 11.3 Å². The van der Waals surface area contributed by atoms with Crippen molar-refractivity contribution >= 4 is 35.0 Å². The van der Waals surface area contributed by atoms with Crippen LogP contribution in [-0.4, -0.2) is 18.4 Å². The minimum Gasteiger partial charge on any atom is -0.352 e. The van der Waals surface area contributed by atoms with E-state index in [1.54, 1.807) is 36.4 Å². The summed E-state index contributed by atoms with van der Waals surface area (Å²) in [5.74, 6) is -0.442. The molecular formula is C17H16Cl2N2O2. The molecule has 2 amide bonds. The molecule has 0 radical (unpaired) electrons. The largest absolute Gasteiger partial charge is 0.352 e. The predicted molar refractivity (Wildman–Crippen MR) is 91.7 cm³/mol. The molecule has 0 saturated carbocycles. The van der Waals surface area contributed by atoms with Gasteiger partial charge in [0.05, 0.1) is 10.6 Å². The van der Waals surface area contributed by atoms with Gasteiger partial charge in [0.25, 0.3) is 5.91 Å². The summed E-state index contributed by atoms with van der Waals surface area (Å²) in [6, 6.07) is 14.0. The number of rotatable bonds is 6. The fourth-order valence-corrected chi connectivity index (χ4v) is 2.40. The van der Waals surface area contributed by atoms with Crippen LogP contribution < -0.4 is 10.6 Å². The lowest BCUT2D eigenvalue weighted by atomic mass is 10.2. The summed E-state index contributed by atoms with van der Waals surface area (Å²) in [5, 5.41) is 6.46. The Kier molecular flexibility index (Phi) is 6.44. The summed E-state index contributed by atoms with van der Waals surface area (Å²) < 4.78 is 0. The Balaban J connectivity index is 1.73. The molecule has 0 unspecified atom stereocenters. The van der Waals surface area contributed by atoms with Crippen LogP contribution in [0.1, 0.15) is 22.3 Å². The van der Waals surface area contributed by atoms with Gasteiger partial charge in [-0.1, -0.05) is 47.5 Å². The first-order chi connectivity index (χ1) is 11.1. The van der Waals surface area contributed by atoms with Crippen LogP contribution in [0.25, 0.3) is 0 Å². The minimum atomic E-state index is -0.293. The van der Waals surface area contributed by atoms with E-state index in [1.807, 2.05) is 12.1 Å². The van der Waals surface area contributed by atoms with Gasteiger partial charge in [0.15, 0.2) is 0 Å². The van der Waals surface area contributed by atoms with E-state index in [0.717, 1.165) is 5.56 Å². The van der Waals surface area contributed by atoms with E-state index in [1.165, 1.54) is 0 Å². The molecule has 2 aromatic carbocycles. The molecule has 0 aliphatic carbocycles. The predicted octanol–water partition coefficient (Wildman–Crippen LogP) is 3.43. The molecule has 0 aliphatic heterocycles. The van der Waals surface area contributed by atoms with Gasteiger partial charge in [-0.05, 0) is 29.8 Å². The third-order valence-electron chi connectivity index (χ3n) is 3.13. The summed E-state index contributed by atoms with van der Waals surface area (Å²) in [6.45, 7) is 0.642. The molecule has 0 atom stereocenters. The fraction of sp³-hybridized carbons (Fsp3) is 0.176. The Bertz CT molecular complexity index is 704. The molecular weight excluding hydrogens is 335 g/mol. The second kappa shape index (κ2) is 8.56. The number of carbonyl (C=O) groups excluding carboxylic acids is 2. The normalized spacial score (nSPS) is 10.2. The van der Waals surface area contributed by atoms with Crippen molar-refractivity contribution in [3.05, 3.63) is 69.7 Å². The van der Waals surface area contributed by atoms with E-state index in [0.29, 0.717) is 22.2 Å². The first-order valence-corrected chi connectivity index (χ1v) is 7.86. The van der Waals surface area contributed by atoms with Crippen molar-refractivity contribution < 1.29 is 9.59 Å². The first kappa shape index (κ1) is 17.3. The number of hydrogen-bond acceptors (Lipinski definition) is 2. The molecule has 120 valence electrons. The van der Waals surface area contributed by atoms with Crippen LogP contribution >= 0.6 is 23.2 Å². The maximum absolute atomic E-state index is 11.9. The third kappa shape index (κ3) is 5.58. The van der Waals surface area contributed by atoms with Crippen LogP contribution in [0.2, 0.25) is 10.0 Å². The topological polar surface area (TPSA) is 58.2 Å². The molecule has 0 aliphatic rings. The summed E-state index contributed by atoms with van der Waals surface area (Å²) in [5.41, 5.74) is 1.32. The summed E-state index contributed by atoms with van der Waals surface area (Å²) in [7, 11) is 0. The number of hydrogen-bond donors (Lipinski definition) is 2. The van der Waals surface area contributed by atoms with E-state index in [-0.39, 0.29) is 24.8 Å². The van der Waals surface area contributed by atoms with Crippen LogP contribution in [0.3, 0.4) is 0 Å². The molecule has 2 aromatic rings. The van der Waals surface area contributed by atoms with Gasteiger partial charge in [0.1, 0.15) is 0 Å². The van der Waals surface area contributed by atoms with Crippen LogP contribution in [0.5, 0.6) is 0 Å². The van der Waals surface area contributed by atoms with E-state index < -0.39 is 0 Å². The monoisotopic (exact) mass is 350 g/mol. The summed E-state index contributed by atoms with van der Waals surface area (Å²) in [6.07, 6.45) is 0.191. The Morgan fingerprint density at radius 1 is 0.957 bits per heavy atom. The van der Waals surface area contributed by atoms with Crippen molar-refractivity contribution in [3.8, 4) is 0 Å². The zero-order valence-corrected chi connectivity index (χ0v) is 13.8. The molecule has 2 N–H and O–H groups in total. The van der Waals surface area contributed by atoms with E-state index >= 15 is 0 Å². The summed E-state index contributed by atoms with van der Waals surface area (Å²) in [4.78, 5) is 23.7. The number of nitrogens with one attached hydrogen (secondary N) is 2. The lowest BCUT2D eigenvalue weighted by molar-refractivity contribution is -0.121. The third-order valence-corrected chi connectivity index (χ3v) is 3.70. The number of carbonyl (C=O) groups is 2. The van der Waals surface area contributed by atoms with Gasteiger partial charge < -0.3 is 10.6 Å². The average molecular weight is 351 g/mol. The van der Waals surface area contributed by atoms with Gasteiger partial charge in [0.2, 0.25) is 5.91 Å². The fourth-order valence-electron chi connectivity index (χ4n) is 1.97. The standard InChI is InChI=1S/C17H16Cl2N2O2/c18-13-5-3-4-12(10-13)11-21-16(22)8-9-20-17(23)14-6-1-2-7-15(14)19/h1-7,10H,8-9,11H2,(H,20,23)(H,21,22). The van der Waals surface area contributed by atoms with E-state index in [9.17, 15) is 9.59 Å². The highest BCUT2D eigenvalue weighted by atomic mass is 35.5. The van der Waals surface area contributed by atoms with Gasteiger partial charge in [-0.15, -0.1) is 0 Å². The molecule has 0 spiro atoms. The molecule has 23 heavy (non-hydrogen) atoms. The Labute approximate surface area is 144 Å². The molecule has 2 rings (SSSR count). The SMILES string of the molecule is O=C(CCNC(=O)c1ccccc1Cl)NCc1cccc(Cl)c1. The lowest BCUT2D eigenvalue weighted by Crippen LogP contribution is -2.30. The lowest BCUT2D eigenvalue weighted by Gasteiger charge is -2.08. The highest BCUT2D eigenvalue weighted by Gasteiger charge is 2.09. The Morgan fingerprint density at radius 3 is 2.48 bits per heavy atom. The van der Waals surface area contributed by atoms with Gasteiger partial charge in [-0.2, -0.15) is 0 Å². The van der Waals surface area contributed by atoms with Gasteiger partial charge in [-0.25, -0.2) is 0 Å². The Hall–Kier alpha value is -2.04. The van der Waals surface area contributed by atoms with E-state index in [2.05, 4.69) is 10.6 Å². The van der Waals surface area contributed by atoms with Gasteiger partial charge in [-0.3, -0.25) is 9.59 Å². The Morgan fingerprint density at radius 2 is 1.74 bits per heavy atom. The smallest absolute Gasteiger partial charge is 0.252 e.